The molecule has 1 unspecified atom stereocenters. The molecule has 0 aromatic carbocycles. The van der Waals surface area contributed by atoms with E-state index in [4.69, 9.17) is 5.11 Å². The van der Waals surface area contributed by atoms with Crippen molar-refractivity contribution in [3.05, 3.63) is 0 Å². The van der Waals surface area contributed by atoms with Crippen molar-refractivity contribution in [3.8, 4) is 0 Å². The predicted molar refractivity (Wildman–Crippen MR) is 55.3 cm³/mol. The maximum atomic E-state index is 11.9. The number of amides is 1. The van der Waals surface area contributed by atoms with Crippen molar-refractivity contribution in [2.45, 2.75) is 44.3 Å². The molecule has 0 aromatic heterocycles. The first-order valence-corrected chi connectivity index (χ1v) is 5.56. The molecule has 4 nitrogen and oxygen atoms in total. The summed E-state index contributed by atoms with van der Waals surface area (Å²) >= 11 is 0. The average Bonchev–Trinajstić information content (AvgIpc) is 2.75. The fourth-order valence-corrected chi connectivity index (χ4v) is 1.74. The Morgan fingerprint density at radius 2 is 2.00 bits per heavy atom. The van der Waals surface area contributed by atoms with Gasteiger partial charge in [0.25, 0.3) is 6.43 Å². The van der Waals surface area contributed by atoms with Crippen LogP contribution in [-0.2, 0) is 4.79 Å². The lowest BCUT2D eigenvalue weighted by molar-refractivity contribution is -0.121. The molecule has 1 rings (SSSR count). The Morgan fingerprint density at radius 3 is 2.56 bits per heavy atom. The topological polar surface area (TPSA) is 61.4 Å². The second-order valence-corrected chi connectivity index (χ2v) is 4.07. The third kappa shape index (κ3) is 4.85. The minimum atomic E-state index is -2.82. The number of carbonyl (C=O) groups is 1. The largest absolute Gasteiger partial charge is 0.385 e. The van der Waals surface area contributed by atoms with Crippen molar-refractivity contribution >= 4 is 5.91 Å². The zero-order chi connectivity index (χ0) is 12.0. The molecule has 94 valence electrons. The molecule has 0 radical (unpaired) electrons. The molecular weight excluding hydrogens is 218 g/mol. The van der Waals surface area contributed by atoms with E-state index in [1.807, 2.05) is 0 Å². The summed E-state index contributed by atoms with van der Waals surface area (Å²) < 4.78 is 23.8. The van der Waals surface area contributed by atoms with E-state index in [0.717, 1.165) is 12.8 Å². The molecule has 16 heavy (non-hydrogen) atoms. The summed E-state index contributed by atoms with van der Waals surface area (Å²) in [5.74, 6) is -0.355. The van der Waals surface area contributed by atoms with Gasteiger partial charge in [0.05, 0.1) is 6.54 Å². The van der Waals surface area contributed by atoms with Crippen LogP contribution in [0.15, 0.2) is 0 Å². The standard InChI is InChI=1S/C10H18F2N2O2/c11-10(12)8(15)5-14-9(16)6-13-7-3-1-2-4-7/h7-8,10,13,15H,1-6H2,(H,14,16). The van der Waals surface area contributed by atoms with Gasteiger partial charge in [-0.25, -0.2) is 8.78 Å². The number of nitrogens with one attached hydrogen (secondary N) is 2. The number of rotatable bonds is 6. The van der Waals surface area contributed by atoms with Gasteiger partial charge in [-0.05, 0) is 12.8 Å². The number of aliphatic hydroxyl groups is 1. The van der Waals surface area contributed by atoms with E-state index in [1.165, 1.54) is 12.8 Å². The van der Waals surface area contributed by atoms with Crippen LogP contribution in [0.5, 0.6) is 0 Å². The summed E-state index contributed by atoms with van der Waals surface area (Å²) in [5.41, 5.74) is 0. The van der Waals surface area contributed by atoms with Crippen LogP contribution in [0.3, 0.4) is 0 Å². The molecule has 1 atom stereocenters. The fraction of sp³-hybridized carbons (Fsp3) is 0.900. The highest BCUT2D eigenvalue weighted by atomic mass is 19.3. The highest BCUT2D eigenvalue weighted by Gasteiger charge is 2.18. The normalized spacial score (nSPS) is 19.0. The minimum Gasteiger partial charge on any atom is -0.385 e. The van der Waals surface area contributed by atoms with Crippen molar-refractivity contribution in [1.29, 1.82) is 0 Å². The molecule has 0 spiro atoms. The Labute approximate surface area is 93.4 Å². The number of carbonyl (C=O) groups excluding carboxylic acids is 1. The van der Waals surface area contributed by atoms with Crippen LogP contribution in [-0.4, -0.2) is 42.7 Å². The van der Waals surface area contributed by atoms with Gasteiger partial charge in [-0.1, -0.05) is 12.8 Å². The van der Waals surface area contributed by atoms with Crippen molar-refractivity contribution in [3.63, 3.8) is 0 Å². The van der Waals surface area contributed by atoms with E-state index >= 15 is 0 Å². The lowest BCUT2D eigenvalue weighted by atomic mass is 10.2. The van der Waals surface area contributed by atoms with E-state index in [1.54, 1.807) is 0 Å². The molecule has 1 saturated carbocycles. The maximum absolute atomic E-state index is 11.9. The van der Waals surface area contributed by atoms with E-state index < -0.39 is 19.1 Å². The zero-order valence-corrected chi connectivity index (χ0v) is 9.09. The molecule has 1 aliphatic carbocycles. The van der Waals surface area contributed by atoms with Crippen LogP contribution < -0.4 is 10.6 Å². The lowest BCUT2D eigenvalue weighted by Gasteiger charge is -2.13. The SMILES string of the molecule is O=C(CNC1CCCC1)NCC(O)C(F)F. The number of hydrogen-bond donors (Lipinski definition) is 3. The monoisotopic (exact) mass is 236 g/mol. The van der Waals surface area contributed by atoms with E-state index in [0.29, 0.717) is 6.04 Å². The van der Waals surface area contributed by atoms with Gasteiger partial charge >= 0.3 is 0 Å². The first-order valence-electron chi connectivity index (χ1n) is 5.56. The third-order valence-corrected chi connectivity index (χ3v) is 2.71. The van der Waals surface area contributed by atoms with Gasteiger partial charge in [0.1, 0.15) is 6.10 Å². The van der Waals surface area contributed by atoms with Gasteiger partial charge in [-0.3, -0.25) is 4.79 Å². The molecular formula is C10H18F2N2O2. The van der Waals surface area contributed by atoms with Crippen LogP contribution in [0.4, 0.5) is 8.78 Å². The summed E-state index contributed by atoms with van der Waals surface area (Å²) in [6, 6.07) is 0.366. The smallest absolute Gasteiger partial charge is 0.265 e. The van der Waals surface area contributed by atoms with E-state index in [2.05, 4.69) is 10.6 Å². The molecule has 3 N–H and O–H groups in total. The van der Waals surface area contributed by atoms with Gasteiger partial charge in [0, 0.05) is 12.6 Å². The highest BCUT2D eigenvalue weighted by molar-refractivity contribution is 5.78. The van der Waals surface area contributed by atoms with Crippen molar-refractivity contribution < 1.29 is 18.7 Å². The minimum absolute atomic E-state index is 0.126. The Balaban J connectivity index is 2.06. The lowest BCUT2D eigenvalue weighted by Crippen LogP contribution is -2.42. The fourth-order valence-electron chi connectivity index (χ4n) is 1.74. The number of halogens is 2. The zero-order valence-electron chi connectivity index (χ0n) is 9.09. The molecule has 0 aromatic rings. The first-order chi connectivity index (χ1) is 7.59. The van der Waals surface area contributed by atoms with E-state index in [9.17, 15) is 13.6 Å². The maximum Gasteiger partial charge on any atom is 0.265 e. The third-order valence-electron chi connectivity index (χ3n) is 2.71. The molecule has 0 saturated heterocycles. The molecule has 1 aliphatic rings. The summed E-state index contributed by atoms with van der Waals surface area (Å²) in [6.07, 6.45) is -0.134. The van der Waals surface area contributed by atoms with Crippen LogP contribution in [0, 0.1) is 0 Å². The highest BCUT2D eigenvalue weighted by Crippen LogP contribution is 2.17. The van der Waals surface area contributed by atoms with Gasteiger partial charge in [0.2, 0.25) is 5.91 Å². The Hall–Kier alpha value is -0.750. The Morgan fingerprint density at radius 1 is 1.38 bits per heavy atom. The molecule has 1 fully saturated rings. The van der Waals surface area contributed by atoms with Gasteiger partial charge in [-0.2, -0.15) is 0 Å². The number of alkyl halides is 2. The van der Waals surface area contributed by atoms with Crippen LogP contribution >= 0.6 is 0 Å². The van der Waals surface area contributed by atoms with Crippen LogP contribution in [0.25, 0.3) is 0 Å². The summed E-state index contributed by atoms with van der Waals surface area (Å²) in [4.78, 5) is 11.2. The molecule has 6 heteroatoms. The quantitative estimate of drug-likeness (QED) is 0.620. The van der Waals surface area contributed by atoms with E-state index in [-0.39, 0.29) is 12.5 Å². The van der Waals surface area contributed by atoms with Crippen LogP contribution in [0.1, 0.15) is 25.7 Å². The Bertz CT molecular complexity index is 213. The van der Waals surface area contributed by atoms with Gasteiger partial charge in [0.15, 0.2) is 0 Å². The molecule has 0 heterocycles. The second kappa shape index (κ2) is 6.75. The molecule has 0 aliphatic heterocycles. The summed E-state index contributed by atoms with van der Waals surface area (Å²) in [7, 11) is 0. The molecule has 0 bridgehead atoms. The van der Waals surface area contributed by atoms with Crippen molar-refractivity contribution in [1.82, 2.24) is 10.6 Å². The van der Waals surface area contributed by atoms with Gasteiger partial charge < -0.3 is 15.7 Å². The second-order valence-electron chi connectivity index (χ2n) is 4.07. The summed E-state index contributed by atoms with van der Waals surface area (Å²) in [6.45, 7) is -0.274. The first kappa shape index (κ1) is 13.3. The molecule has 1 amide bonds. The number of hydrogen-bond acceptors (Lipinski definition) is 3. The van der Waals surface area contributed by atoms with Crippen LogP contribution in [0.2, 0.25) is 0 Å². The number of aliphatic hydroxyl groups excluding tert-OH is 1. The summed E-state index contributed by atoms with van der Waals surface area (Å²) in [5, 5.41) is 14.1. The predicted octanol–water partition coefficient (Wildman–Crippen LogP) is 0.261. The Kier molecular flexibility index (Phi) is 5.62. The van der Waals surface area contributed by atoms with Crippen molar-refractivity contribution in [2.75, 3.05) is 13.1 Å². The van der Waals surface area contributed by atoms with Crippen molar-refractivity contribution in [2.24, 2.45) is 0 Å². The average molecular weight is 236 g/mol. The van der Waals surface area contributed by atoms with Gasteiger partial charge in [-0.15, -0.1) is 0 Å².